The molecule has 2 aromatic rings. The molecule has 19 heavy (non-hydrogen) atoms. The van der Waals surface area contributed by atoms with Crippen LogP contribution >= 0.6 is 11.3 Å². The van der Waals surface area contributed by atoms with Gasteiger partial charge in [-0.3, -0.25) is 4.79 Å². The first-order chi connectivity index (χ1) is 9.24. The quantitative estimate of drug-likeness (QED) is 0.845. The van der Waals surface area contributed by atoms with E-state index in [2.05, 4.69) is 4.98 Å². The van der Waals surface area contributed by atoms with E-state index in [4.69, 9.17) is 9.15 Å². The molecule has 1 aliphatic heterocycles. The van der Waals surface area contributed by atoms with Crippen LogP contribution in [0.2, 0.25) is 0 Å². The predicted molar refractivity (Wildman–Crippen MR) is 71.1 cm³/mol. The van der Waals surface area contributed by atoms with E-state index < -0.39 is 0 Å². The minimum absolute atomic E-state index is 0.0378. The Labute approximate surface area is 114 Å². The molecule has 1 saturated heterocycles. The molecular weight excluding hydrogens is 264 g/mol. The highest BCUT2D eigenvalue weighted by Gasteiger charge is 2.24. The van der Waals surface area contributed by atoms with Gasteiger partial charge in [-0.15, -0.1) is 11.3 Å². The molecular formula is C13H14N2O3S. The van der Waals surface area contributed by atoms with Gasteiger partial charge in [-0.1, -0.05) is 0 Å². The molecule has 0 bridgehead atoms. The second-order valence-electron chi connectivity index (χ2n) is 4.45. The maximum Gasteiger partial charge on any atom is 0.273 e. The summed E-state index contributed by atoms with van der Waals surface area (Å²) in [5.41, 5.74) is 0.477. The Morgan fingerprint density at radius 2 is 2.47 bits per heavy atom. The van der Waals surface area contributed by atoms with Gasteiger partial charge in [-0.25, -0.2) is 4.98 Å². The lowest BCUT2D eigenvalue weighted by Gasteiger charge is -2.30. The monoisotopic (exact) mass is 278 g/mol. The highest BCUT2D eigenvalue weighted by atomic mass is 32.1. The van der Waals surface area contributed by atoms with E-state index in [0.29, 0.717) is 31.2 Å². The number of carbonyl (C=O) groups is 1. The van der Waals surface area contributed by atoms with E-state index in [9.17, 15) is 4.79 Å². The fourth-order valence-electron chi connectivity index (χ4n) is 2.05. The largest absolute Gasteiger partial charge is 0.462 e. The number of rotatable bonds is 2. The summed E-state index contributed by atoms with van der Waals surface area (Å²) in [4.78, 5) is 18.4. The molecule has 1 atom stereocenters. The Hall–Kier alpha value is -1.66. The Bertz CT molecular complexity index is 564. The number of ether oxygens (including phenoxy) is 1. The van der Waals surface area contributed by atoms with E-state index in [1.54, 1.807) is 16.5 Å². The van der Waals surface area contributed by atoms with Gasteiger partial charge in [0, 0.05) is 18.5 Å². The maximum atomic E-state index is 12.3. The number of carbonyl (C=O) groups excluding carboxylic acids is 1. The van der Waals surface area contributed by atoms with Gasteiger partial charge >= 0.3 is 0 Å². The molecule has 6 heteroatoms. The van der Waals surface area contributed by atoms with Crippen molar-refractivity contribution in [2.45, 2.75) is 13.0 Å². The van der Waals surface area contributed by atoms with Crippen molar-refractivity contribution in [1.29, 1.82) is 0 Å². The molecule has 1 amide bonds. The molecule has 5 nitrogen and oxygen atoms in total. The predicted octanol–water partition coefficient (Wildman–Crippen LogP) is 2.26. The zero-order valence-electron chi connectivity index (χ0n) is 10.5. The zero-order valence-corrected chi connectivity index (χ0v) is 11.4. The molecule has 0 spiro atoms. The van der Waals surface area contributed by atoms with Gasteiger partial charge in [0.1, 0.15) is 5.69 Å². The van der Waals surface area contributed by atoms with Crippen LogP contribution in [-0.2, 0) is 4.74 Å². The third kappa shape index (κ3) is 2.54. The number of amides is 1. The molecule has 3 heterocycles. The molecule has 1 aliphatic rings. The lowest BCUT2D eigenvalue weighted by Crippen LogP contribution is -2.44. The lowest BCUT2D eigenvalue weighted by atomic mass is 10.3. The van der Waals surface area contributed by atoms with Crippen molar-refractivity contribution >= 4 is 17.2 Å². The molecule has 1 fully saturated rings. The van der Waals surface area contributed by atoms with Crippen molar-refractivity contribution in [3.63, 3.8) is 0 Å². The number of furan rings is 1. The van der Waals surface area contributed by atoms with Gasteiger partial charge in [0.2, 0.25) is 0 Å². The minimum atomic E-state index is -0.0378. The number of aromatic nitrogens is 1. The summed E-state index contributed by atoms with van der Waals surface area (Å²) in [6.45, 7) is 3.79. The van der Waals surface area contributed by atoms with Crippen LogP contribution in [0.3, 0.4) is 0 Å². The zero-order chi connectivity index (χ0) is 13.2. The average molecular weight is 278 g/mol. The first-order valence-corrected chi connectivity index (χ1v) is 7.02. The standard InChI is InChI=1S/C13H14N2O3S/c1-9-7-15(4-6-17-9)13(16)10-8-19-12(14-10)11-3-2-5-18-11/h2-3,5,8-9H,4,6-7H2,1H3/t9-/m1/s1. The molecule has 0 saturated carbocycles. The molecule has 3 rings (SSSR count). The molecule has 0 unspecified atom stereocenters. The summed E-state index contributed by atoms with van der Waals surface area (Å²) in [6, 6.07) is 3.64. The molecule has 100 valence electrons. The minimum Gasteiger partial charge on any atom is -0.462 e. The van der Waals surface area contributed by atoms with Gasteiger partial charge in [-0.2, -0.15) is 0 Å². The van der Waals surface area contributed by atoms with E-state index in [0.717, 1.165) is 5.01 Å². The summed E-state index contributed by atoms with van der Waals surface area (Å²) in [5, 5.41) is 2.51. The summed E-state index contributed by atoms with van der Waals surface area (Å²) in [6.07, 6.45) is 1.68. The first kappa shape index (κ1) is 12.4. The van der Waals surface area contributed by atoms with Crippen LogP contribution in [0.15, 0.2) is 28.2 Å². The van der Waals surface area contributed by atoms with Gasteiger partial charge < -0.3 is 14.1 Å². The molecule has 2 aromatic heterocycles. The smallest absolute Gasteiger partial charge is 0.273 e. The van der Waals surface area contributed by atoms with Crippen molar-refractivity contribution < 1.29 is 13.9 Å². The average Bonchev–Trinajstić information content (AvgIpc) is 3.08. The van der Waals surface area contributed by atoms with Gasteiger partial charge in [0.05, 0.1) is 19.0 Å². The fourth-order valence-corrected chi connectivity index (χ4v) is 2.81. The highest BCUT2D eigenvalue weighted by molar-refractivity contribution is 7.13. The van der Waals surface area contributed by atoms with Crippen LogP contribution in [0.1, 0.15) is 17.4 Å². The molecule has 0 radical (unpaired) electrons. The Kier molecular flexibility index (Phi) is 3.35. The van der Waals surface area contributed by atoms with Crippen LogP contribution in [0.4, 0.5) is 0 Å². The Morgan fingerprint density at radius 3 is 3.21 bits per heavy atom. The number of thiazole rings is 1. The molecule has 0 N–H and O–H groups in total. The van der Waals surface area contributed by atoms with Crippen LogP contribution in [-0.4, -0.2) is 41.6 Å². The van der Waals surface area contributed by atoms with Gasteiger partial charge in [-0.05, 0) is 19.1 Å². The van der Waals surface area contributed by atoms with Crippen LogP contribution in [0, 0.1) is 0 Å². The number of hydrogen-bond acceptors (Lipinski definition) is 5. The normalized spacial score (nSPS) is 19.6. The third-order valence-corrected chi connectivity index (χ3v) is 3.84. The topological polar surface area (TPSA) is 55.6 Å². The van der Waals surface area contributed by atoms with Crippen molar-refractivity contribution in [2.75, 3.05) is 19.7 Å². The van der Waals surface area contributed by atoms with Crippen LogP contribution in [0.5, 0.6) is 0 Å². The number of hydrogen-bond donors (Lipinski definition) is 0. The maximum absolute atomic E-state index is 12.3. The summed E-state index contributed by atoms with van der Waals surface area (Å²) in [5.74, 6) is 0.656. The first-order valence-electron chi connectivity index (χ1n) is 6.14. The van der Waals surface area contributed by atoms with Gasteiger partial charge in [0.15, 0.2) is 10.8 Å². The van der Waals surface area contributed by atoms with Crippen molar-refractivity contribution in [2.24, 2.45) is 0 Å². The van der Waals surface area contributed by atoms with Crippen molar-refractivity contribution in [3.8, 4) is 10.8 Å². The third-order valence-electron chi connectivity index (χ3n) is 2.98. The lowest BCUT2D eigenvalue weighted by molar-refractivity contribution is -0.0126. The summed E-state index contributed by atoms with van der Waals surface area (Å²) in [7, 11) is 0. The van der Waals surface area contributed by atoms with E-state index in [1.165, 1.54) is 11.3 Å². The van der Waals surface area contributed by atoms with Crippen molar-refractivity contribution in [3.05, 3.63) is 29.5 Å². The fraction of sp³-hybridized carbons (Fsp3) is 0.385. The van der Waals surface area contributed by atoms with Crippen LogP contribution in [0.25, 0.3) is 10.8 Å². The second-order valence-corrected chi connectivity index (χ2v) is 5.31. The molecule has 0 aromatic carbocycles. The summed E-state index contributed by atoms with van der Waals surface area (Å²) < 4.78 is 10.7. The summed E-state index contributed by atoms with van der Waals surface area (Å²) >= 11 is 1.42. The van der Waals surface area contributed by atoms with Gasteiger partial charge in [0.25, 0.3) is 5.91 Å². The Balaban J connectivity index is 1.77. The molecule has 0 aliphatic carbocycles. The number of morpholine rings is 1. The SMILES string of the molecule is C[C@@H]1CN(C(=O)c2csc(-c3ccco3)n2)CCO1. The van der Waals surface area contributed by atoms with E-state index in [-0.39, 0.29) is 12.0 Å². The van der Waals surface area contributed by atoms with E-state index >= 15 is 0 Å². The highest BCUT2D eigenvalue weighted by Crippen LogP contribution is 2.24. The van der Waals surface area contributed by atoms with E-state index in [1.807, 2.05) is 19.1 Å². The van der Waals surface area contributed by atoms with Crippen molar-refractivity contribution in [1.82, 2.24) is 9.88 Å². The number of nitrogens with zero attached hydrogens (tertiary/aromatic N) is 2. The Morgan fingerprint density at radius 1 is 1.58 bits per heavy atom. The second kappa shape index (κ2) is 5.14. The van der Waals surface area contributed by atoms with Crippen LogP contribution < -0.4 is 0 Å².